The monoisotopic (exact) mass is 268 g/mol. The van der Waals surface area contributed by atoms with E-state index in [4.69, 9.17) is 9.47 Å². The summed E-state index contributed by atoms with van der Waals surface area (Å²) in [5.41, 5.74) is 1.04. The Morgan fingerprint density at radius 1 is 1.05 bits per heavy atom. The van der Waals surface area contributed by atoms with E-state index in [2.05, 4.69) is 0 Å². The Hall–Kier alpha value is -1.32. The Bertz CT molecular complexity index is 362. The van der Waals surface area contributed by atoms with Crippen molar-refractivity contribution in [3.05, 3.63) is 11.1 Å². The average Bonchev–Trinajstić information content (AvgIpc) is 2.90. The molecule has 0 aliphatic heterocycles. The number of hydrogen-bond donors (Lipinski definition) is 0. The SMILES string of the molecule is COC(=O)C(CC(C)C)=C(C(=O)OC)C1CCCC1. The maximum absolute atomic E-state index is 12.1. The van der Waals surface area contributed by atoms with Crippen molar-refractivity contribution in [1.29, 1.82) is 0 Å². The molecule has 4 nitrogen and oxygen atoms in total. The molecule has 0 aromatic heterocycles. The van der Waals surface area contributed by atoms with E-state index in [0.29, 0.717) is 17.6 Å². The van der Waals surface area contributed by atoms with Crippen molar-refractivity contribution in [1.82, 2.24) is 0 Å². The minimum Gasteiger partial charge on any atom is -0.466 e. The summed E-state index contributed by atoms with van der Waals surface area (Å²) in [6.45, 7) is 4.04. The summed E-state index contributed by atoms with van der Waals surface area (Å²) in [5, 5.41) is 0. The molecule has 0 N–H and O–H groups in total. The smallest absolute Gasteiger partial charge is 0.334 e. The van der Waals surface area contributed by atoms with E-state index in [9.17, 15) is 9.59 Å². The highest BCUT2D eigenvalue weighted by molar-refractivity contribution is 6.00. The molecular weight excluding hydrogens is 244 g/mol. The molecular formula is C15H24O4. The van der Waals surface area contributed by atoms with Crippen LogP contribution >= 0.6 is 0 Å². The molecule has 1 rings (SSSR count). The molecule has 0 heterocycles. The van der Waals surface area contributed by atoms with E-state index in [1.807, 2.05) is 13.8 Å². The van der Waals surface area contributed by atoms with Crippen molar-refractivity contribution < 1.29 is 19.1 Å². The standard InChI is InChI=1S/C15H24O4/c1-10(2)9-12(14(16)18-3)13(15(17)19-4)11-7-5-6-8-11/h10-11H,5-9H2,1-4H3. The Labute approximate surface area is 115 Å². The predicted octanol–water partition coefficient (Wildman–Crippen LogP) is 2.87. The van der Waals surface area contributed by atoms with Gasteiger partial charge in [0.25, 0.3) is 0 Å². The van der Waals surface area contributed by atoms with Gasteiger partial charge in [-0.05, 0) is 31.1 Å². The third kappa shape index (κ3) is 4.08. The third-order valence-corrected chi connectivity index (χ3v) is 3.54. The summed E-state index contributed by atoms with van der Waals surface area (Å²) in [7, 11) is 2.72. The second kappa shape index (κ2) is 7.31. The quantitative estimate of drug-likeness (QED) is 0.568. The van der Waals surface area contributed by atoms with Crippen LogP contribution in [0.1, 0.15) is 46.0 Å². The van der Waals surface area contributed by atoms with Crippen LogP contribution in [0.3, 0.4) is 0 Å². The number of esters is 2. The molecule has 19 heavy (non-hydrogen) atoms. The zero-order valence-corrected chi connectivity index (χ0v) is 12.3. The number of carbonyl (C=O) groups is 2. The highest BCUT2D eigenvalue weighted by atomic mass is 16.5. The highest BCUT2D eigenvalue weighted by Crippen LogP contribution is 2.35. The van der Waals surface area contributed by atoms with Crippen LogP contribution in [0.4, 0.5) is 0 Å². The van der Waals surface area contributed by atoms with Gasteiger partial charge in [-0.15, -0.1) is 0 Å². The van der Waals surface area contributed by atoms with Gasteiger partial charge in [0.2, 0.25) is 0 Å². The van der Waals surface area contributed by atoms with Crippen LogP contribution in [0.2, 0.25) is 0 Å². The first kappa shape index (κ1) is 15.7. The topological polar surface area (TPSA) is 52.6 Å². The highest BCUT2D eigenvalue weighted by Gasteiger charge is 2.31. The number of rotatable bonds is 5. The third-order valence-electron chi connectivity index (χ3n) is 3.54. The molecule has 0 spiro atoms. The fraction of sp³-hybridized carbons (Fsp3) is 0.733. The lowest BCUT2D eigenvalue weighted by atomic mass is 9.88. The van der Waals surface area contributed by atoms with Gasteiger partial charge < -0.3 is 9.47 Å². The van der Waals surface area contributed by atoms with Gasteiger partial charge in [0.15, 0.2) is 0 Å². The molecule has 0 aromatic carbocycles. The van der Waals surface area contributed by atoms with Crippen molar-refractivity contribution in [2.24, 2.45) is 11.8 Å². The molecule has 108 valence electrons. The molecule has 1 aliphatic rings. The first-order valence-corrected chi connectivity index (χ1v) is 6.90. The number of carbonyl (C=O) groups excluding carboxylic acids is 2. The van der Waals surface area contributed by atoms with E-state index in [0.717, 1.165) is 25.7 Å². The van der Waals surface area contributed by atoms with Crippen LogP contribution in [0.5, 0.6) is 0 Å². The Morgan fingerprint density at radius 3 is 2.00 bits per heavy atom. The fourth-order valence-corrected chi connectivity index (χ4v) is 2.70. The second-order valence-electron chi connectivity index (χ2n) is 5.45. The molecule has 0 bridgehead atoms. The summed E-state index contributed by atoms with van der Waals surface area (Å²) in [4.78, 5) is 24.0. The molecule has 0 saturated heterocycles. The van der Waals surface area contributed by atoms with E-state index in [-0.39, 0.29) is 17.8 Å². The molecule has 0 radical (unpaired) electrons. The van der Waals surface area contributed by atoms with Crippen LogP contribution in [-0.4, -0.2) is 26.2 Å². The first-order valence-electron chi connectivity index (χ1n) is 6.90. The maximum Gasteiger partial charge on any atom is 0.334 e. The zero-order chi connectivity index (χ0) is 14.4. The summed E-state index contributed by atoms with van der Waals surface area (Å²) in [6.07, 6.45) is 4.64. The lowest BCUT2D eigenvalue weighted by molar-refractivity contribution is -0.140. The molecule has 0 unspecified atom stereocenters. The predicted molar refractivity (Wildman–Crippen MR) is 72.5 cm³/mol. The van der Waals surface area contributed by atoms with Gasteiger partial charge >= 0.3 is 11.9 Å². The minimum atomic E-state index is -0.402. The summed E-state index contributed by atoms with van der Waals surface area (Å²) in [5.74, 6) is -0.357. The Kier molecular flexibility index (Phi) is 6.06. The largest absolute Gasteiger partial charge is 0.466 e. The number of methoxy groups -OCH3 is 2. The molecule has 0 amide bonds. The van der Waals surface area contributed by atoms with Crippen molar-refractivity contribution in [3.63, 3.8) is 0 Å². The van der Waals surface area contributed by atoms with Gasteiger partial charge in [0, 0.05) is 5.57 Å². The van der Waals surface area contributed by atoms with Crippen LogP contribution < -0.4 is 0 Å². The molecule has 1 saturated carbocycles. The molecule has 0 aromatic rings. The van der Waals surface area contributed by atoms with E-state index in [1.54, 1.807) is 0 Å². The van der Waals surface area contributed by atoms with Gasteiger partial charge in [-0.25, -0.2) is 9.59 Å². The van der Waals surface area contributed by atoms with Crippen molar-refractivity contribution in [3.8, 4) is 0 Å². The Balaban J connectivity index is 3.20. The van der Waals surface area contributed by atoms with Gasteiger partial charge in [-0.2, -0.15) is 0 Å². The molecule has 1 fully saturated rings. The second-order valence-corrected chi connectivity index (χ2v) is 5.45. The summed E-state index contributed by atoms with van der Waals surface area (Å²) in [6, 6.07) is 0. The fourth-order valence-electron chi connectivity index (χ4n) is 2.70. The van der Waals surface area contributed by atoms with E-state index in [1.165, 1.54) is 14.2 Å². The summed E-state index contributed by atoms with van der Waals surface area (Å²) < 4.78 is 9.72. The molecule has 0 atom stereocenters. The van der Waals surface area contributed by atoms with Crippen LogP contribution in [0, 0.1) is 11.8 Å². The molecule has 1 aliphatic carbocycles. The maximum atomic E-state index is 12.1. The van der Waals surface area contributed by atoms with Gasteiger partial charge in [-0.1, -0.05) is 26.7 Å². The van der Waals surface area contributed by atoms with E-state index >= 15 is 0 Å². The first-order chi connectivity index (χ1) is 9.01. The van der Waals surface area contributed by atoms with Crippen molar-refractivity contribution in [2.45, 2.75) is 46.0 Å². The van der Waals surface area contributed by atoms with Crippen LogP contribution in [0.15, 0.2) is 11.1 Å². The Morgan fingerprint density at radius 2 is 1.58 bits per heavy atom. The summed E-state index contributed by atoms with van der Waals surface area (Å²) >= 11 is 0. The number of ether oxygens (including phenoxy) is 2. The normalized spacial score (nSPS) is 17.3. The number of hydrogen-bond acceptors (Lipinski definition) is 4. The zero-order valence-electron chi connectivity index (χ0n) is 12.3. The van der Waals surface area contributed by atoms with Crippen LogP contribution in [-0.2, 0) is 19.1 Å². The van der Waals surface area contributed by atoms with Crippen molar-refractivity contribution in [2.75, 3.05) is 14.2 Å². The van der Waals surface area contributed by atoms with E-state index < -0.39 is 5.97 Å². The van der Waals surface area contributed by atoms with Gasteiger partial charge in [0.1, 0.15) is 0 Å². The lowest BCUT2D eigenvalue weighted by Gasteiger charge is -2.18. The minimum absolute atomic E-state index is 0.139. The van der Waals surface area contributed by atoms with Gasteiger partial charge in [0.05, 0.1) is 19.8 Å². The van der Waals surface area contributed by atoms with Gasteiger partial charge in [-0.3, -0.25) is 0 Å². The average molecular weight is 268 g/mol. The lowest BCUT2D eigenvalue weighted by Crippen LogP contribution is -2.20. The van der Waals surface area contributed by atoms with Crippen molar-refractivity contribution >= 4 is 11.9 Å². The van der Waals surface area contributed by atoms with Crippen LogP contribution in [0.25, 0.3) is 0 Å². The molecule has 4 heteroatoms.